The van der Waals surface area contributed by atoms with Crippen LogP contribution in [0.5, 0.6) is 0 Å². The Labute approximate surface area is 86.1 Å². The Kier molecular flexibility index (Phi) is 3.00. The van der Waals surface area contributed by atoms with Crippen molar-refractivity contribution in [2.45, 2.75) is 19.4 Å². The number of likely N-dealkylation sites (tertiary alicyclic amines) is 1. The van der Waals surface area contributed by atoms with Crippen LogP contribution >= 0.6 is 0 Å². The Morgan fingerprint density at radius 1 is 1.21 bits per heavy atom. The molecule has 1 aliphatic rings. The summed E-state index contributed by atoms with van der Waals surface area (Å²) in [5.74, 6) is 0. The lowest BCUT2D eigenvalue weighted by Gasteiger charge is -2.16. The predicted molar refractivity (Wildman–Crippen MR) is 61.0 cm³/mol. The quantitative estimate of drug-likeness (QED) is 0.703. The highest BCUT2D eigenvalue weighted by atomic mass is 15.1. The fourth-order valence-corrected chi connectivity index (χ4v) is 2.06. The van der Waals surface area contributed by atoms with Crippen LogP contribution in [0.4, 0.5) is 0 Å². The third kappa shape index (κ3) is 2.05. The lowest BCUT2D eigenvalue weighted by molar-refractivity contribution is 0.331. The number of hydrogen-bond donors (Lipinski definition) is 0. The smallest absolute Gasteiger partial charge is 0.0239 e. The van der Waals surface area contributed by atoms with E-state index < -0.39 is 0 Å². The summed E-state index contributed by atoms with van der Waals surface area (Å²) in [5, 5.41) is 0. The Bertz CT molecular complexity index is 311. The monoisotopic (exact) mass is 187 g/mol. The van der Waals surface area contributed by atoms with E-state index in [1.54, 1.807) is 0 Å². The molecule has 0 bridgehead atoms. The van der Waals surface area contributed by atoms with E-state index in [4.69, 9.17) is 0 Å². The molecule has 1 saturated heterocycles. The number of nitrogens with zero attached hydrogens (tertiary/aromatic N) is 1. The minimum atomic E-state index is 1.09. The Morgan fingerprint density at radius 2 is 1.93 bits per heavy atom. The molecule has 0 aliphatic carbocycles. The first-order chi connectivity index (χ1) is 6.90. The molecule has 0 saturated carbocycles. The van der Waals surface area contributed by atoms with E-state index in [2.05, 4.69) is 35.7 Å². The lowest BCUT2D eigenvalue weighted by Crippen LogP contribution is -2.18. The third-order valence-electron chi connectivity index (χ3n) is 2.87. The standard InChI is InChI=1S/C13H17N/c1-2-12-7-3-4-8-13(12)11-14-9-5-6-10-14/h2-4,7-8H,1,5-6,9-11H2. The zero-order chi connectivity index (χ0) is 9.80. The Balaban J connectivity index is 2.10. The van der Waals surface area contributed by atoms with E-state index in [0.717, 1.165) is 6.54 Å². The molecule has 0 amide bonds. The zero-order valence-electron chi connectivity index (χ0n) is 8.58. The molecule has 1 aromatic carbocycles. The van der Waals surface area contributed by atoms with Gasteiger partial charge in [-0.2, -0.15) is 0 Å². The van der Waals surface area contributed by atoms with Gasteiger partial charge in [-0.15, -0.1) is 0 Å². The molecule has 1 aliphatic heterocycles. The van der Waals surface area contributed by atoms with E-state index in [1.165, 1.54) is 37.1 Å². The summed E-state index contributed by atoms with van der Waals surface area (Å²) < 4.78 is 0. The van der Waals surface area contributed by atoms with Crippen molar-refractivity contribution >= 4 is 6.08 Å². The second-order valence-corrected chi connectivity index (χ2v) is 3.89. The van der Waals surface area contributed by atoms with Gasteiger partial charge in [0.2, 0.25) is 0 Å². The van der Waals surface area contributed by atoms with Crippen molar-refractivity contribution in [3.8, 4) is 0 Å². The Morgan fingerprint density at radius 3 is 2.64 bits per heavy atom. The maximum atomic E-state index is 3.85. The van der Waals surface area contributed by atoms with E-state index in [0.29, 0.717) is 0 Å². The highest BCUT2D eigenvalue weighted by molar-refractivity contribution is 5.51. The molecule has 0 atom stereocenters. The van der Waals surface area contributed by atoms with Gasteiger partial charge in [-0.05, 0) is 37.1 Å². The van der Waals surface area contributed by atoms with E-state index in [-0.39, 0.29) is 0 Å². The van der Waals surface area contributed by atoms with E-state index in [9.17, 15) is 0 Å². The highest BCUT2D eigenvalue weighted by Gasteiger charge is 2.12. The van der Waals surface area contributed by atoms with Gasteiger partial charge in [0.25, 0.3) is 0 Å². The van der Waals surface area contributed by atoms with Crippen LogP contribution in [0.25, 0.3) is 6.08 Å². The average molecular weight is 187 g/mol. The van der Waals surface area contributed by atoms with Crippen LogP contribution in [0.2, 0.25) is 0 Å². The molecule has 74 valence electrons. The SMILES string of the molecule is C=Cc1ccccc1CN1CCCC1. The molecule has 0 N–H and O–H groups in total. The third-order valence-corrected chi connectivity index (χ3v) is 2.87. The summed E-state index contributed by atoms with van der Waals surface area (Å²) in [6, 6.07) is 8.52. The van der Waals surface area contributed by atoms with Crippen molar-refractivity contribution < 1.29 is 0 Å². The summed E-state index contributed by atoms with van der Waals surface area (Å²) >= 11 is 0. The molecule has 0 aromatic heterocycles. The number of rotatable bonds is 3. The minimum Gasteiger partial charge on any atom is -0.299 e. The van der Waals surface area contributed by atoms with Crippen LogP contribution < -0.4 is 0 Å². The van der Waals surface area contributed by atoms with Crippen molar-refractivity contribution in [2.75, 3.05) is 13.1 Å². The van der Waals surface area contributed by atoms with Crippen LogP contribution in [0.15, 0.2) is 30.8 Å². The minimum absolute atomic E-state index is 1.09. The van der Waals surface area contributed by atoms with Gasteiger partial charge in [0.15, 0.2) is 0 Å². The van der Waals surface area contributed by atoms with Crippen molar-refractivity contribution in [3.63, 3.8) is 0 Å². The van der Waals surface area contributed by atoms with Crippen LogP contribution in [-0.2, 0) is 6.54 Å². The highest BCUT2D eigenvalue weighted by Crippen LogP contribution is 2.16. The molecule has 0 spiro atoms. The van der Waals surface area contributed by atoms with Crippen LogP contribution in [0.3, 0.4) is 0 Å². The van der Waals surface area contributed by atoms with Gasteiger partial charge in [0.05, 0.1) is 0 Å². The summed E-state index contributed by atoms with van der Waals surface area (Å²) in [7, 11) is 0. The summed E-state index contributed by atoms with van der Waals surface area (Å²) in [6.45, 7) is 7.44. The van der Waals surface area contributed by atoms with Gasteiger partial charge in [-0.25, -0.2) is 0 Å². The average Bonchev–Trinajstić information content (AvgIpc) is 2.71. The molecule has 1 nitrogen and oxygen atoms in total. The second-order valence-electron chi connectivity index (χ2n) is 3.89. The van der Waals surface area contributed by atoms with Gasteiger partial charge in [-0.3, -0.25) is 4.90 Å². The molecule has 14 heavy (non-hydrogen) atoms. The lowest BCUT2D eigenvalue weighted by atomic mass is 10.1. The van der Waals surface area contributed by atoms with E-state index in [1.807, 2.05) is 6.08 Å². The molecule has 0 unspecified atom stereocenters. The van der Waals surface area contributed by atoms with Crippen molar-refractivity contribution in [2.24, 2.45) is 0 Å². The fourth-order valence-electron chi connectivity index (χ4n) is 2.06. The first-order valence-electron chi connectivity index (χ1n) is 5.33. The summed E-state index contributed by atoms with van der Waals surface area (Å²) in [4.78, 5) is 2.52. The topological polar surface area (TPSA) is 3.24 Å². The van der Waals surface area contributed by atoms with Gasteiger partial charge < -0.3 is 0 Å². The normalized spacial score (nSPS) is 17.1. The number of benzene rings is 1. The zero-order valence-corrected chi connectivity index (χ0v) is 8.58. The first-order valence-corrected chi connectivity index (χ1v) is 5.33. The molecule has 1 fully saturated rings. The summed E-state index contributed by atoms with van der Waals surface area (Å²) in [5.41, 5.74) is 2.68. The fraction of sp³-hybridized carbons (Fsp3) is 0.385. The molecular weight excluding hydrogens is 170 g/mol. The molecule has 0 radical (unpaired) electrons. The van der Waals surface area contributed by atoms with Gasteiger partial charge in [0.1, 0.15) is 0 Å². The Hall–Kier alpha value is -1.08. The van der Waals surface area contributed by atoms with Crippen molar-refractivity contribution in [3.05, 3.63) is 42.0 Å². The van der Waals surface area contributed by atoms with Gasteiger partial charge in [0, 0.05) is 6.54 Å². The molecule has 2 rings (SSSR count). The van der Waals surface area contributed by atoms with Gasteiger partial charge in [-0.1, -0.05) is 36.9 Å². The molecule has 1 aromatic rings. The van der Waals surface area contributed by atoms with Crippen LogP contribution in [0.1, 0.15) is 24.0 Å². The maximum absolute atomic E-state index is 3.85. The molecular formula is C13H17N. The largest absolute Gasteiger partial charge is 0.299 e. The van der Waals surface area contributed by atoms with E-state index >= 15 is 0 Å². The first kappa shape index (κ1) is 9.47. The predicted octanol–water partition coefficient (Wildman–Crippen LogP) is 2.93. The number of hydrogen-bond acceptors (Lipinski definition) is 1. The van der Waals surface area contributed by atoms with Crippen LogP contribution in [0, 0.1) is 0 Å². The van der Waals surface area contributed by atoms with Crippen molar-refractivity contribution in [1.29, 1.82) is 0 Å². The maximum Gasteiger partial charge on any atom is 0.0239 e. The molecule has 1 heteroatoms. The molecule has 1 heterocycles. The van der Waals surface area contributed by atoms with Gasteiger partial charge >= 0.3 is 0 Å². The van der Waals surface area contributed by atoms with Crippen molar-refractivity contribution in [1.82, 2.24) is 4.90 Å². The second kappa shape index (κ2) is 4.43. The summed E-state index contributed by atoms with van der Waals surface area (Å²) in [6.07, 6.45) is 4.66. The van der Waals surface area contributed by atoms with Crippen LogP contribution in [-0.4, -0.2) is 18.0 Å².